The smallest absolute Gasteiger partial charge is 0.261 e. The van der Waals surface area contributed by atoms with Crippen LogP contribution in [0, 0.1) is 5.41 Å². The molecule has 0 bridgehead atoms. The zero-order valence-electron chi connectivity index (χ0n) is 13.1. The number of fused-ring (bicyclic) bond motifs is 1. The molecule has 1 aromatic rings. The zero-order chi connectivity index (χ0) is 14.6. The first-order valence-electron chi connectivity index (χ1n) is 6.85. The van der Waals surface area contributed by atoms with Crippen molar-refractivity contribution in [2.45, 2.75) is 53.4 Å². The number of aromatic nitrogens is 2. The molecule has 0 aromatic carbocycles. The number of allylic oxidation sites excluding steroid dienone is 2. The average Bonchev–Trinajstić information content (AvgIpc) is 2.64. The molecule has 1 heterocycles. The molecular weight excluding hydrogens is 236 g/mol. The highest BCUT2D eigenvalue weighted by atomic mass is 16.1. The van der Waals surface area contributed by atoms with E-state index in [0.717, 1.165) is 29.1 Å². The van der Waals surface area contributed by atoms with Gasteiger partial charge in [0.25, 0.3) is 5.56 Å². The van der Waals surface area contributed by atoms with Crippen LogP contribution in [0.3, 0.4) is 0 Å². The molecule has 104 valence electrons. The van der Waals surface area contributed by atoms with Gasteiger partial charge in [-0.3, -0.25) is 9.36 Å². The topological polar surface area (TPSA) is 34.9 Å². The van der Waals surface area contributed by atoms with Crippen molar-refractivity contribution in [2.75, 3.05) is 0 Å². The Bertz CT molecular complexity index is 607. The first-order chi connectivity index (χ1) is 8.53. The minimum absolute atomic E-state index is 0.0116. The van der Waals surface area contributed by atoms with Gasteiger partial charge in [-0.25, -0.2) is 4.98 Å². The largest absolute Gasteiger partial charge is 0.299 e. The van der Waals surface area contributed by atoms with Gasteiger partial charge >= 0.3 is 0 Å². The van der Waals surface area contributed by atoms with Crippen LogP contribution in [0.2, 0.25) is 0 Å². The second kappa shape index (κ2) is 4.06. The van der Waals surface area contributed by atoms with Gasteiger partial charge in [0.2, 0.25) is 0 Å². The van der Waals surface area contributed by atoms with Crippen molar-refractivity contribution in [3.8, 4) is 0 Å². The van der Waals surface area contributed by atoms with E-state index in [1.807, 2.05) is 7.05 Å². The van der Waals surface area contributed by atoms with E-state index in [1.165, 1.54) is 0 Å². The van der Waals surface area contributed by atoms with E-state index in [2.05, 4.69) is 47.6 Å². The second-order valence-corrected chi connectivity index (χ2v) is 7.44. The van der Waals surface area contributed by atoms with Gasteiger partial charge in [0.1, 0.15) is 5.82 Å². The number of rotatable bonds is 0. The standard InChI is InChI=1S/C16H24N2O/c1-15(2,3)10-8-9-11-12(10)13(19)18(7)14(17-11)16(4,5)6/h8H,9H2,1-7H3. The molecule has 0 N–H and O–H groups in total. The molecule has 0 saturated carbocycles. The van der Waals surface area contributed by atoms with E-state index in [1.54, 1.807) is 4.57 Å². The van der Waals surface area contributed by atoms with Gasteiger partial charge in [0.15, 0.2) is 0 Å². The lowest BCUT2D eigenvalue weighted by molar-refractivity contribution is 0.500. The summed E-state index contributed by atoms with van der Waals surface area (Å²) in [5.41, 5.74) is 2.86. The van der Waals surface area contributed by atoms with Crippen LogP contribution in [0.1, 0.15) is 58.6 Å². The Kier molecular flexibility index (Phi) is 3.00. The predicted molar refractivity (Wildman–Crippen MR) is 79.3 cm³/mol. The van der Waals surface area contributed by atoms with Crippen molar-refractivity contribution in [1.29, 1.82) is 0 Å². The number of hydrogen-bond acceptors (Lipinski definition) is 2. The third-order valence-electron chi connectivity index (χ3n) is 3.61. The third-order valence-corrected chi connectivity index (χ3v) is 3.61. The lowest BCUT2D eigenvalue weighted by Crippen LogP contribution is -2.33. The minimum Gasteiger partial charge on any atom is -0.299 e. The normalized spacial score (nSPS) is 15.4. The van der Waals surface area contributed by atoms with Gasteiger partial charge in [-0.05, 0) is 11.0 Å². The molecule has 0 unspecified atom stereocenters. The third kappa shape index (κ3) is 2.26. The highest BCUT2D eigenvalue weighted by molar-refractivity contribution is 5.74. The monoisotopic (exact) mass is 260 g/mol. The molecule has 2 rings (SSSR count). The van der Waals surface area contributed by atoms with Crippen molar-refractivity contribution in [1.82, 2.24) is 9.55 Å². The fraction of sp³-hybridized carbons (Fsp3) is 0.625. The molecule has 0 spiro atoms. The maximum atomic E-state index is 12.7. The Hall–Kier alpha value is -1.38. The molecule has 0 atom stereocenters. The summed E-state index contributed by atoms with van der Waals surface area (Å²) in [6, 6.07) is 0. The Morgan fingerprint density at radius 3 is 2.16 bits per heavy atom. The maximum absolute atomic E-state index is 12.7. The molecule has 0 radical (unpaired) electrons. The van der Waals surface area contributed by atoms with Crippen molar-refractivity contribution in [3.05, 3.63) is 33.5 Å². The van der Waals surface area contributed by atoms with Crippen molar-refractivity contribution < 1.29 is 0 Å². The second-order valence-electron chi connectivity index (χ2n) is 7.44. The summed E-state index contributed by atoms with van der Waals surface area (Å²) in [4.78, 5) is 17.4. The van der Waals surface area contributed by atoms with E-state index in [0.29, 0.717) is 0 Å². The first kappa shape index (κ1) is 14.0. The van der Waals surface area contributed by atoms with Gasteiger partial charge < -0.3 is 0 Å². The van der Waals surface area contributed by atoms with Crippen molar-refractivity contribution in [2.24, 2.45) is 12.5 Å². The molecule has 0 fully saturated rings. The summed E-state index contributed by atoms with van der Waals surface area (Å²) in [7, 11) is 1.83. The first-order valence-corrected chi connectivity index (χ1v) is 6.85. The zero-order valence-corrected chi connectivity index (χ0v) is 13.1. The van der Waals surface area contributed by atoms with Crippen LogP contribution in [0.25, 0.3) is 5.57 Å². The van der Waals surface area contributed by atoms with Gasteiger partial charge in [-0.15, -0.1) is 0 Å². The molecular formula is C16H24N2O. The van der Waals surface area contributed by atoms with E-state index in [4.69, 9.17) is 4.98 Å². The fourth-order valence-electron chi connectivity index (χ4n) is 2.72. The van der Waals surface area contributed by atoms with Crippen molar-refractivity contribution in [3.63, 3.8) is 0 Å². The lowest BCUT2D eigenvalue weighted by atomic mass is 9.84. The maximum Gasteiger partial charge on any atom is 0.261 e. The Morgan fingerprint density at radius 1 is 1.11 bits per heavy atom. The summed E-state index contributed by atoms with van der Waals surface area (Å²) in [6.07, 6.45) is 2.94. The van der Waals surface area contributed by atoms with Gasteiger partial charge in [-0.1, -0.05) is 47.6 Å². The summed E-state index contributed by atoms with van der Waals surface area (Å²) < 4.78 is 1.71. The predicted octanol–water partition coefficient (Wildman–Crippen LogP) is 3.06. The minimum atomic E-state index is -0.118. The number of hydrogen-bond donors (Lipinski definition) is 0. The van der Waals surface area contributed by atoms with Gasteiger partial charge in [0.05, 0.1) is 11.3 Å². The Labute approximate surface area is 115 Å². The highest BCUT2D eigenvalue weighted by Gasteiger charge is 2.31. The highest BCUT2D eigenvalue weighted by Crippen LogP contribution is 2.38. The lowest BCUT2D eigenvalue weighted by Gasteiger charge is -2.25. The summed E-state index contributed by atoms with van der Waals surface area (Å²) >= 11 is 0. The molecule has 19 heavy (non-hydrogen) atoms. The van der Waals surface area contributed by atoms with Crippen LogP contribution >= 0.6 is 0 Å². The van der Waals surface area contributed by atoms with Crippen LogP contribution in [0.5, 0.6) is 0 Å². The molecule has 0 saturated heterocycles. The summed E-state index contributed by atoms with van der Waals surface area (Å²) in [6.45, 7) is 12.7. The molecule has 1 aliphatic carbocycles. The number of nitrogens with zero attached hydrogens (tertiary/aromatic N) is 2. The quantitative estimate of drug-likeness (QED) is 0.718. The van der Waals surface area contributed by atoms with Crippen LogP contribution < -0.4 is 5.56 Å². The van der Waals surface area contributed by atoms with Crippen LogP contribution in [-0.4, -0.2) is 9.55 Å². The molecule has 1 aromatic heterocycles. The van der Waals surface area contributed by atoms with Gasteiger partial charge in [-0.2, -0.15) is 0 Å². The Morgan fingerprint density at radius 2 is 1.68 bits per heavy atom. The SMILES string of the molecule is Cn1c(C(C)(C)C)nc2c(c1=O)C(C(C)(C)C)=CC2. The fourth-order valence-corrected chi connectivity index (χ4v) is 2.72. The molecule has 1 aliphatic rings. The van der Waals surface area contributed by atoms with Crippen LogP contribution in [0.15, 0.2) is 10.9 Å². The van der Waals surface area contributed by atoms with Crippen LogP contribution in [0.4, 0.5) is 0 Å². The average molecular weight is 260 g/mol. The molecule has 0 amide bonds. The summed E-state index contributed by atoms with van der Waals surface area (Å²) in [5, 5.41) is 0. The summed E-state index contributed by atoms with van der Waals surface area (Å²) in [5.74, 6) is 0.861. The van der Waals surface area contributed by atoms with Crippen molar-refractivity contribution >= 4 is 5.57 Å². The van der Waals surface area contributed by atoms with Gasteiger partial charge in [0, 0.05) is 18.9 Å². The van der Waals surface area contributed by atoms with E-state index in [9.17, 15) is 4.79 Å². The van der Waals surface area contributed by atoms with E-state index < -0.39 is 0 Å². The molecule has 0 aliphatic heterocycles. The Balaban J connectivity index is 2.70. The van der Waals surface area contributed by atoms with E-state index >= 15 is 0 Å². The molecule has 3 heteroatoms. The van der Waals surface area contributed by atoms with Crippen LogP contribution in [-0.2, 0) is 18.9 Å². The molecule has 3 nitrogen and oxygen atoms in total. The van der Waals surface area contributed by atoms with E-state index in [-0.39, 0.29) is 16.4 Å².